The molecule has 0 radical (unpaired) electrons. The zero-order valence-electron chi connectivity index (χ0n) is 13.6. The van der Waals surface area contributed by atoms with Gasteiger partial charge in [0.25, 0.3) is 5.91 Å². The fraction of sp³-hybridized carbons (Fsp3) is 0.263. The minimum absolute atomic E-state index is 0.0672. The lowest BCUT2D eigenvalue weighted by molar-refractivity contribution is 0.0782. The summed E-state index contributed by atoms with van der Waals surface area (Å²) in [6, 6.07) is 6.76. The molecule has 126 valence electrons. The maximum Gasteiger partial charge on any atom is 0.256 e. The summed E-state index contributed by atoms with van der Waals surface area (Å²) in [6.45, 7) is 1.28. The maximum atomic E-state index is 14.3. The zero-order valence-corrected chi connectivity index (χ0v) is 13.6. The van der Waals surface area contributed by atoms with E-state index in [2.05, 4.69) is 15.0 Å². The highest BCUT2D eigenvalue weighted by molar-refractivity contribution is 5.97. The van der Waals surface area contributed by atoms with Gasteiger partial charge in [0, 0.05) is 43.9 Å². The second-order valence-corrected chi connectivity index (χ2v) is 6.34. The Kier molecular flexibility index (Phi) is 4.09. The van der Waals surface area contributed by atoms with Gasteiger partial charge in [-0.15, -0.1) is 0 Å². The number of hydrogen-bond acceptors (Lipinski definition) is 4. The van der Waals surface area contributed by atoms with Gasteiger partial charge >= 0.3 is 0 Å². The number of amides is 1. The number of hydrogen-bond donors (Lipinski definition) is 0. The van der Waals surface area contributed by atoms with Gasteiger partial charge in [0.2, 0.25) is 0 Å². The number of carbonyl (C=O) groups is 1. The Morgan fingerprint density at radius 1 is 1.12 bits per heavy atom. The number of likely N-dealkylation sites (tertiary alicyclic amines) is 1. The van der Waals surface area contributed by atoms with Gasteiger partial charge in [-0.1, -0.05) is 0 Å². The minimum Gasteiger partial charge on any atom is -0.338 e. The van der Waals surface area contributed by atoms with Gasteiger partial charge in [-0.25, -0.2) is 4.39 Å². The number of benzene rings is 1. The van der Waals surface area contributed by atoms with Crippen LogP contribution in [0.2, 0.25) is 0 Å². The Bertz CT molecular complexity index is 916. The fourth-order valence-corrected chi connectivity index (χ4v) is 3.36. The van der Waals surface area contributed by atoms with Crippen molar-refractivity contribution >= 4 is 16.9 Å². The van der Waals surface area contributed by atoms with E-state index in [9.17, 15) is 9.18 Å². The summed E-state index contributed by atoms with van der Waals surface area (Å²) in [4.78, 5) is 26.7. The predicted molar refractivity (Wildman–Crippen MR) is 91.4 cm³/mol. The lowest BCUT2D eigenvalue weighted by Gasteiger charge is -2.17. The molecule has 5 nitrogen and oxygen atoms in total. The molecule has 1 atom stereocenters. The van der Waals surface area contributed by atoms with Gasteiger partial charge in [0.1, 0.15) is 5.82 Å². The van der Waals surface area contributed by atoms with Crippen LogP contribution in [0.1, 0.15) is 22.3 Å². The van der Waals surface area contributed by atoms with E-state index in [1.165, 1.54) is 30.1 Å². The van der Waals surface area contributed by atoms with Gasteiger partial charge in [0.05, 0.1) is 16.6 Å². The van der Waals surface area contributed by atoms with Crippen molar-refractivity contribution in [3.05, 3.63) is 66.0 Å². The molecular formula is C19H17FN4O. The molecule has 6 heteroatoms. The molecule has 3 aromatic rings. The number of nitrogens with zero attached hydrogens (tertiary/aromatic N) is 4. The number of rotatable bonds is 3. The third kappa shape index (κ3) is 3.20. The highest BCUT2D eigenvalue weighted by Gasteiger charge is 2.28. The summed E-state index contributed by atoms with van der Waals surface area (Å²) < 4.78 is 14.3. The summed E-state index contributed by atoms with van der Waals surface area (Å²) in [5, 5.41) is 0. The molecular weight excluding hydrogens is 319 g/mol. The van der Waals surface area contributed by atoms with E-state index in [0.717, 1.165) is 12.8 Å². The second-order valence-electron chi connectivity index (χ2n) is 6.34. The van der Waals surface area contributed by atoms with Crippen LogP contribution in [0.4, 0.5) is 4.39 Å². The number of halogens is 1. The number of pyridine rings is 1. The fourth-order valence-electron chi connectivity index (χ4n) is 3.36. The third-order valence-electron chi connectivity index (χ3n) is 4.64. The Hall–Kier alpha value is -2.89. The van der Waals surface area contributed by atoms with Crippen molar-refractivity contribution < 1.29 is 9.18 Å². The van der Waals surface area contributed by atoms with Crippen LogP contribution in [0.15, 0.2) is 49.1 Å². The predicted octanol–water partition coefficient (Wildman–Crippen LogP) is 2.87. The molecule has 1 aliphatic rings. The molecule has 4 rings (SSSR count). The number of fused-ring (bicyclic) bond motifs is 1. The monoisotopic (exact) mass is 336 g/mol. The summed E-state index contributed by atoms with van der Waals surface area (Å²) in [5.41, 5.74) is 2.26. The van der Waals surface area contributed by atoms with Crippen molar-refractivity contribution in [2.75, 3.05) is 13.1 Å². The standard InChI is InChI=1S/C19H17FN4O/c20-16-11-18-17(22-6-7-23-18)10-15(16)19(25)24-8-3-14(12-24)9-13-1-4-21-5-2-13/h1-2,4-7,10-11,14H,3,8-9,12H2. The molecule has 0 bridgehead atoms. The van der Waals surface area contributed by atoms with Gasteiger partial charge in [-0.2, -0.15) is 0 Å². The second kappa shape index (κ2) is 6.55. The van der Waals surface area contributed by atoms with Crippen molar-refractivity contribution in [3.8, 4) is 0 Å². The van der Waals surface area contributed by atoms with E-state index in [4.69, 9.17) is 0 Å². The molecule has 1 aliphatic heterocycles. The average molecular weight is 336 g/mol. The van der Waals surface area contributed by atoms with Crippen LogP contribution < -0.4 is 0 Å². The molecule has 1 saturated heterocycles. The van der Waals surface area contributed by atoms with Crippen molar-refractivity contribution in [3.63, 3.8) is 0 Å². The summed E-state index contributed by atoms with van der Waals surface area (Å²) in [6.07, 6.45) is 8.42. The molecule has 0 spiro atoms. The first-order valence-corrected chi connectivity index (χ1v) is 8.29. The molecule has 1 amide bonds. The minimum atomic E-state index is -0.546. The summed E-state index contributed by atoms with van der Waals surface area (Å²) in [7, 11) is 0. The first kappa shape index (κ1) is 15.6. The highest BCUT2D eigenvalue weighted by Crippen LogP contribution is 2.24. The Labute approximate surface area is 144 Å². The van der Waals surface area contributed by atoms with Crippen LogP contribution in [-0.2, 0) is 6.42 Å². The largest absolute Gasteiger partial charge is 0.338 e. The van der Waals surface area contributed by atoms with Gasteiger partial charge in [-0.3, -0.25) is 19.7 Å². The molecule has 25 heavy (non-hydrogen) atoms. The average Bonchev–Trinajstić information content (AvgIpc) is 3.10. The lowest BCUT2D eigenvalue weighted by atomic mass is 10.00. The number of aromatic nitrogens is 3. The number of carbonyl (C=O) groups excluding carboxylic acids is 1. The molecule has 1 unspecified atom stereocenters. The van der Waals surface area contributed by atoms with Crippen LogP contribution in [0.5, 0.6) is 0 Å². The lowest BCUT2D eigenvalue weighted by Crippen LogP contribution is -2.29. The SMILES string of the molecule is O=C(c1cc2nccnc2cc1F)N1CCC(Cc2ccncc2)C1. The molecule has 1 aromatic carbocycles. The quantitative estimate of drug-likeness (QED) is 0.738. The molecule has 0 N–H and O–H groups in total. The molecule has 2 aromatic heterocycles. The van der Waals surface area contributed by atoms with Crippen molar-refractivity contribution in [2.24, 2.45) is 5.92 Å². The van der Waals surface area contributed by atoms with Gasteiger partial charge < -0.3 is 4.90 Å². The van der Waals surface area contributed by atoms with E-state index in [1.54, 1.807) is 17.3 Å². The normalized spacial score (nSPS) is 17.2. The zero-order chi connectivity index (χ0) is 17.2. The van der Waals surface area contributed by atoms with E-state index >= 15 is 0 Å². The van der Waals surface area contributed by atoms with Crippen molar-refractivity contribution in [1.29, 1.82) is 0 Å². The van der Waals surface area contributed by atoms with Gasteiger partial charge in [0.15, 0.2) is 0 Å². The first-order valence-electron chi connectivity index (χ1n) is 8.29. The summed E-state index contributed by atoms with van der Waals surface area (Å²) >= 11 is 0. The Balaban J connectivity index is 1.51. The van der Waals surface area contributed by atoms with Crippen LogP contribution in [0.25, 0.3) is 11.0 Å². The van der Waals surface area contributed by atoms with E-state index in [0.29, 0.717) is 30.0 Å². The molecule has 0 aliphatic carbocycles. The first-order chi connectivity index (χ1) is 12.2. The maximum absolute atomic E-state index is 14.3. The Morgan fingerprint density at radius 3 is 2.60 bits per heavy atom. The summed E-state index contributed by atoms with van der Waals surface area (Å²) in [5.74, 6) is -0.437. The van der Waals surface area contributed by atoms with E-state index in [-0.39, 0.29) is 11.5 Å². The van der Waals surface area contributed by atoms with Crippen molar-refractivity contribution in [2.45, 2.75) is 12.8 Å². The smallest absolute Gasteiger partial charge is 0.256 e. The molecule has 0 saturated carbocycles. The van der Waals surface area contributed by atoms with Crippen LogP contribution in [0, 0.1) is 11.7 Å². The van der Waals surface area contributed by atoms with Crippen LogP contribution in [-0.4, -0.2) is 38.8 Å². The third-order valence-corrected chi connectivity index (χ3v) is 4.64. The topological polar surface area (TPSA) is 59.0 Å². The van der Waals surface area contributed by atoms with Crippen LogP contribution in [0.3, 0.4) is 0 Å². The molecule has 3 heterocycles. The van der Waals surface area contributed by atoms with Gasteiger partial charge in [-0.05, 0) is 42.5 Å². The van der Waals surface area contributed by atoms with E-state index in [1.807, 2.05) is 12.1 Å². The Morgan fingerprint density at radius 2 is 1.84 bits per heavy atom. The van der Waals surface area contributed by atoms with Crippen LogP contribution >= 0.6 is 0 Å². The van der Waals surface area contributed by atoms with E-state index < -0.39 is 5.82 Å². The molecule has 1 fully saturated rings. The highest BCUT2D eigenvalue weighted by atomic mass is 19.1. The van der Waals surface area contributed by atoms with Crippen molar-refractivity contribution in [1.82, 2.24) is 19.9 Å².